The minimum Gasteiger partial charge on any atom is -0.387 e. The highest BCUT2D eigenvalue weighted by Gasteiger charge is 2.11. The van der Waals surface area contributed by atoms with Crippen LogP contribution in [0.4, 0.5) is 5.82 Å². The van der Waals surface area contributed by atoms with Gasteiger partial charge in [-0.3, -0.25) is 0 Å². The number of nitrogens with one attached hydrogen (secondary N) is 1. The van der Waals surface area contributed by atoms with Gasteiger partial charge in [0.25, 0.3) is 0 Å². The SMILES string of the molecule is CCNCC(O)c1cc(C)cnc1N. The monoisotopic (exact) mass is 195 g/mol. The van der Waals surface area contributed by atoms with E-state index in [4.69, 9.17) is 5.73 Å². The average molecular weight is 195 g/mol. The van der Waals surface area contributed by atoms with Crippen molar-refractivity contribution in [3.63, 3.8) is 0 Å². The standard InChI is InChI=1S/C10H17N3O/c1-3-12-6-9(14)8-4-7(2)5-13-10(8)11/h4-5,9,12,14H,3,6H2,1-2H3,(H2,11,13). The molecule has 0 spiro atoms. The number of aromatic nitrogens is 1. The second-order valence-corrected chi connectivity index (χ2v) is 3.31. The zero-order chi connectivity index (χ0) is 10.6. The van der Waals surface area contributed by atoms with Gasteiger partial charge in [0.15, 0.2) is 0 Å². The van der Waals surface area contributed by atoms with Crippen molar-refractivity contribution in [1.82, 2.24) is 10.3 Å². The van der Waals surface area contributed by atoms with E-state index in [1.807, 2.05) is 19.9 Å². The van der Waals surface area contributed by atoms with Crippen LogP contribution in [-0.2, 0) is 0 Å². The lowest BCUT2D eigenvalue weighted by molar-refractivity contribution is 0.176. The number of aliphatic hydroxyl groups is 1. The number of aryl methyl sites for hydroxylation is 1. The van der Waals surface area contributed by atoms with Gasteiger partial charge in [0.05, 0.1) is 6.10 Å². The third-order valence-electron chi connectivity index (χ3n) is 2.03. The fraction of sp³-hybridized carbons (Fsp3) is 0.500. The van der Waals surface area contributed by atoms with Crippen molar-refractivity contribution in [3.8, 4) is 0 Å². The molecule has 0 aliphatic rings. The largest absolute Gasteiger partial charge is 0.387 e. The van der Waals surface area contributed by atoms with Crippen LogP contribution >= 0.6 is 0 Å². The summed E-state index contributed by atoms with van der Waals surface area (Å²) >= 11 is 0. The number of anilines is 1. The summed E-state index contributed by atoms with van der Waals surface area (Å²) in [6, 6.07) is 1.87. The summed E-state index contributed by atoms with van der Waals surface area (Å²) in [5, 5.41) is 12.8. The van der Waals surface area contributed by atoms with Crippen molar-refractivity contribution in [3.05, 3.63) is 23.4 Å². The molecule has 0 saturated heterocycles. The Morgan fingerprint density at radius 2 is 2.36 bits per heavy atom. The van der Waals surface area contributed by atoms with E-state index in [0.29, 0.717) is 17.9 Å². The number of aliphatic hydroxyl groups excluding tert-OH is 1. The summed E-state index contributed by atoms with van der Waals surface area (Å²) in [7, 11) is 0. The molecular weight excluding hydrogens is 178 g/mol. The van der Waals surface area contributed by atoms with E-state index in [-0.39, 0.29) is 0 Å². The highest BCUT2D eigenvalue weighted by molar-refractivity contribution is 5.42. The Morgan fingerprint density at radius 1 is 1.64 bits per heavy atom. The molecule has 1 atom stereocenters. The van der Waals surface area contributed by atoms with E-state index >= 15 is 0 Å². The van der Waals surface area contributed by atoms with Crippen molar-refractivity contribution >= 4 is 5.82 Å². The van der Waals surface area contributed by atoms with Gasteiger partial charge in [0.1, 0.15) is 5.82 Å². The number of hydrogen-bond acceptors (Lipinski definition) is 4. The third-order valence-corrected chi connectivity index (χ3v) is 2.03. The van der Waals surface area contributed by atoms with E-state index in [1.165, 1.54) is 0 Å². The Balaban J connectivity index is 2.77. The van der Waals surface area contributed by atoms with Crippen molar-refractivity contribution in [2.24, 2.45) is 0 Å². The molecule has 78 valence electrons. The smallest absolute Gasteiger partial charge is 0.129 e. The average Bonchev–Trinajstić information content (AvgIpc) is 2.18. The van der Waals surface area contributed by atoms with Crippen LogP contribution in [0.1, 0.15) is 24.2 Å². The number of nitrogens with zero attached hydrogens (tertiary/aromatic N) is 1. The predicted octanol–water partition coefficient (Wildman–Crippen LogP) is 0.615. The first-order valence-electron chi connectivity index (χ1n) is 4.76. The Kier molecular flexibility index (Phi) is 3.85. The van der Waals surface area contributed by atoms with Crippen molar-refractivity contribution in [1.29, 1.82) is 0 Å². The Hall–Kier alpha value is -1.13. The summed E-state index contributed by atoms with van der Waals surface area (Å²) in [4.78, 5) is 4.00. The van der Waals surface area contributed by atoms with Crippen LogP contribution in [0, 0.1) is 6.92 Å². The normalized spacial score (nSPS) is 12.8. The van der Waals surface area contributed by atoms with Gasteiger partial charge in [0, 0.05) is 18.3 Å². The van der Waals surface area contributed by atoms with Crippen LogP contribution in [0.3, 0.4) is 0 Å². The minimum absolute atomic E-state index is 0.404. The lowest BCUT2D eigenvalue weighted by Gasteiger charge is -2.13. The van der Waals surface area contributed by atoms with Gasteiger partial charge in [-0.25, -0.2) is 4.98 Å². The van der Waals surface area contributed by atoms with Gasteiger partial charge >= 0.3 is 0 Å². The van der Waals surface area contributed by atoms with E-state index in [1.54, 1.807) is 6.20 Å². The molecule has 0 radical (unpaired) electrons. The Morgan fingerprint density at radius 3 is 3.00 bits per heavy atom. The molecule has 14 heavy (non-hydrogen) atoms. The molecule has 0 bridgehead atoms. The van der Waals surface area contributed by atoms with Gasteiger partial charge in [-0.1, -0.05) is 6.92 Å². The molecule has 4 nitrogen and oxygen atoms in total. The highest BCUT2D eigenvalue weighted by atomic mass is 16.3. The van der Waals surface area contributed by atoms with Gasteiger partial charge in [-0.15, -0.1) is 0 Å². The molecule has 1 heterocycles. The fourth-order valence-corrected chi connectivity index (χ4v) is 1.26. The first-order valence-corrected chi connectivity index (χ1v) is 4.76. The molecule has 1 aromatic heterocycles. The fourth-order valence-electron chi connectivity index (χ4n) is 1.26. The van der Waals surface area contributed by atoms with Crippen molar-refractivity contribution < 1.29 is 5.11 Å². The molecule has 0 amide bonds. The summed E-state index contributed by atoms with van der Waals surface area (Å²) in [5.74, 6) is 0.404. The highest BCUT2D eigenvalue weighted by Crippen LogP contribution is 2.18. The van der Waals surface area contributed by atoms with Gasteiger partial charge in [-0.2, -0.15) is 0 Å². The zero-order valence-corrected chi connectivity index (χ0v) is 8.62. The molecule has 0 aliphatic heterocycles. The topological polar surface area (TPSA) is 71.2 Å². The maximum Gasteiger partial charge on any atom is 0.129 e. The minimum atomic E-state index is -0.581. The molecule has 1 rings (SSSR count). The van der Waals surface area contributed by atoms with Crippen molar-refractivity contribution in [2.45, 2.75) is 20.0 Å². The third kappa shape index (κ3) is 2.68. The number of likely N-dealkylation sites (N-methyl/N-ethyl adjacent to an activating group) is 1. The van der Waals surface area contributed by atoms with Gasteiger partial charge in [-0.05, 0) is 25.1 Å². The first-order chi connectivity index (χ1) is 6.65. The number of hydrogen-bond donors (Lipinski definition) is 3. The Bertz CT molecular complexity index is 301. The van der Waals surface area contributed by atoms with E-state index < -0.39 is 6.10 Å². The quantitative estimate of drug-likeness (QED) is 0.658. The molecular formula is C10H17N3O. The van der Waals surface area contributed by atoms with Crippen LogP contribution in [0.2, 0.25) is 0 Å². The maximum atomic E-state index is 9.77. The molecule has 1 aromatic rings. The first kappa shape index (κ1) is 10.9. The molecule has 0 aromatic carbocycles. The van der Waals surface area contributed by atoms with E-state index in [9.17, 15) is 5.11 Å². The van der Waals surface area contributed by atoms with Gasteiger partial charge in [0.2, 0.25) is 0 Å². The van der Waals surface area contributed by atoms with Crippen LogP contribution in [-0.4, -0.2) is 23.2 Å². The van der Waals surface area contributed by atoms with Crippen molar-refractivity contribution in [2.75, 3.05) is 18.8 Å². The lowest BCUT2D eigenvalue weighted by atomic mass is 10.1. The molecule has 1 unspecified atom stereocenters. The van der Waals surface area contributed by atoms with Crippen LogP contribution in [0.25, 0.3) is 0 Å². The van der Waals surface area contributed by atoms with E-state index in [0.717, 1.165) is 12.1 Å². The summed E-state index contributed by atoms with van der Waals surface area (Å²) in [5.41, 5.74) is 7.37. The number of nitrogens with two attached hydrogens (primary N) is 1. The van der Waals surface area contributed by atoms with Crippen LogP contribution < -0.4 is 11.1 Å². The molecule has 4 heteroatoms. The predicted molar refractivity (Wildman–Crippen MR) is 56.9 cm³/mol. The van der Waals surface area contributed by atoms with Crippen LogP contribution in [0.5, 0.6) is 0 Å². The van der Waals surface area contributed by atoms with Gasteiger partial charge < -0.3 is 16.2 Å². The number of nitrogen functional groups attached to an aromatic ring is 1. The number of rotatable bonds is 4. The second kappa shape index (κ2) is 4.93. The molecule has 0 fully saturated rings. The number of pyridine rings is 1. The van der Waals surface area contributed by atoms with E-state index in [2.05, 4.69) is 10.3 Å². The summed E-state index contributed by atoms with van der Waals surface area (Å²) in [6.45, 7) is 5.25. The van der Waals surface area contributed by atoms with Crippen LogP contribution in [0.15, 0.2) is 12.3 Å². The molecule has 0 aliphatic carbocycles. The molecule has 4 N–H and O–H groups in total. The Labute approximate surface area is 84.2 Å². The summed E-state index contributed by atoms with van der Waals surface area (Å²) < 4.78 is 0. The molecule has 0 saturated carbocycles. The lowest BCUT2D eigenvalue weighted by Crippen LogP contribution is -2.21. The zero-order valence-electron chi connectivity index (χ0n) is 8.62. The second-order valence-electron chi connectivity index (χ2n) is 3.31. The summed E-state index contributed by atoms with van der Waals surface area (Å²) in [6.07, 6.45) is 1.11. The maximum absolute atomic E-state index is 9.77.